The van der Waals surface area contributed by atoms with E-state index in [1.54, 1.807) is 10.9 Å². The maximum atomic E-state index is 12.5. The van der Waals surface area contributed by atoms with Crippen LogP contribution in [0.15, 0.2) is 51.9 Å². The molecule has 0 spiro atoms. The van der Waals surface area contributed by atoms with Gasteiger partial charge in [-0.05, 0) is 53.1 Å². The standard InChI is InChI=1S/C20H22N6O3/c1-14-4-5-18-15(9-14)10-16(20(28)21-18)11-25(6-7-27)13-19-22-23-24-26(19)12-17-3-2-8-29-17/h2-5,8-10,27H,6-7,11-13H2,1H3,(H,21,28)/p+1. The second-order valence-electron chi connectivity index (χ2n) is 7.12. The first-order chi connectivity index (χ1) is 14.1. The van der Waals surface area contributed by atoms with Crippen LogP contribution in [-0.2, 0) is 19.6 Å². The number of aliphatic hydroxyl groups excluding tert-OH is 1. The van der Waals surface area contributed by atoms with Crippen LogP contribution >= 0.6 is 0 Å². The van der Waals surface area contributed by atoms with Crippen LogP contribution in [0.1, 0.15) is 22.7 Å². The van der Waals surface area contributed by atoms with Crippen molar-refractivity contribution in [2.75, 3.05) is 13.2 Å². The SMILES string of the molecule is Cc1ccc2[nH]c(=O)c(C[NH+](CCO)Cc3nnnn3Cc3ccco3)cc2c1. The highest BCUT2D eigenvalue weighted by Crippen LogP contribution is 2.13. The van der Waals surface area contributed by atoms with Crippen LogP contribution in [-0.4, -0.2) is 43.4 Å². The number of aryl methyl sites for hydroxylation is 1. The minimum Gasteiger partial charge on any atom is -0.467 e. The fourth-order valence-electron chi connectivity index (χ4n) is 3.42. The third-order valence-corrected chi connectivity index (χ3v) is 4.88. The fourth-order valence-corrected chi connectivity index (χ4v) is 3.42. The summed E-state index contributed by atoms with van der Waals surface area (Å²) in [4.78, 5) is 16.5. The number of aromatic amines is 1. The van der Waals surface area contributed by atoms with Crippen LogP contribution in [0.3, 0.4) is 0 Å². The zero-order valence-corrected chi connectivity index (χ0v) is 16.1. The average Bonchev–Trinajstić information content (AvgIpc) is 3.36. The van der Waals surface area contributed by atoms with Crippen molar-refractivity contribution in [3.8, 4) is 0 Å². The van der Waals surface area contributed by atoms with Crippen molar-refractivity contribution in [3.63, 3.8) is 0 Å². The van der Waals surface area contributed by atoms with Gasteiger partial charge in [0.2, 0.25) is 5.82 Å². The number of pyridine rings is 1. The number of tetrazole rings is 1. The quantitative estimate of drug-likeness (QED) is 0.388. The normalized spacial score (nSPS) is 12.5. The van der Waals surface area contributed by atoms with Crippen LogP contribution in [0.4, 0.5) is 0 Å². The Morgan fingerprint density at radius 3 is 2.93 bits per heavy atom. The number of nitrogens with zero attached hydrogens (tertiary/aromatic N) is 4. The van der Waals surface area contributed by atoms with Gasteiger partial charge in [-0.15, -0.1) is 5.10 Å². The number of aromatic nitrogens is 5. The second-order valence-corrected chi connectivity index (χ2v) is 7.12. The van der Waals surface area contributed by atoms with Gasteiger partial charge in [-0.3, -0.25) is 4.79 Å². The van der Waals surface area contributed by atoms with E-state index in [-0.39, 0.29) is 12.2 Å². The summed E-state index contributed by atoms with van der Waals surface area (Å²) in [6.07, 6.45) is 1.61. The van der Waals surface area contributed by atoms with E-state index in [1.807, 2.05) is 43.3 Å². The molecule has 0 radical (unpaired) electrons. The molecule has 0 fully saturated rings. The summed E-state index contributed by atoms with van der Waals surface area (Å²) in [5.41, 5.74) is 2.49. The zero-order chi connectivity index (χ0) is 20.2. The summed E-state index contributed by atoms with van der Waals surface area (Å²) in [5, 5.41) is 22.4. The van der Waals surface area contributed by atoms with Crippen molar-refractivity contribution in [1.29, 1.82) is 0 Å². The predicted octanol–water partition coefficient (Wildman–Crippen LogP) is 0.0417. The Balaban J connectivity index is 1.56. The summed E-state index contributed by atoms with van der Waals surface area (Å²) in [5.74, 6) is 1.42. The number of aliphatic hydroxyl groups is 1. The number of nitrogens with one attached hydrogen (secondary N) is 2. The molecule has 0 aliphatic heterocycles. The lowest BCUT2D eigenvalue weighted by atomic mass is 10.1. The topological polar surface area (TPSA) is 114 Å². The van der Waals surface area contributed by atoms with Gasteiger partial charge >= 0.3 is 0 Å². The number of rotatable bonds is 8. The summed E-state index contributed by atoms with van der Waals surface area (Å²) >= 11 is 0. The van der Waals surface area contributed by atoms with Gasteiger partial charge in [0.05, 0.1) is 18.4 Å². The summed E-state index contributed by atoms with van der Waals surface area (Å²) in [7, 11) is 0. The monoisotopic (exact) mass is 395 g/mol. The fraction of sp³-hybridized carbons (Fsp3) is 0.300. The molecule has 3 aromatic heterocycles. The molecule has 0 bridgehead atoms. The highest BCUT2D eigenvalue weighted by molar-refractivity contribution is 5.79. The molecule has 3 heterocycles. The Labute approximate surface area is 166 Å². The van der Waals surface area contributed by atoms with Crippen LogP contribution in [0.5, 0.6) is 0 Å². The van der Waals surface area contributed by atoms with Crippen LogP contribution < -0.4 is 10.5 Å². The Hall–Kier alpha value is -3.30. The largest absolute Gasteiger partial charge is 0.467 e. The Kier molecular flexibility index (Phi) is 5.50. The molecule has 3 N–H and O–H groups in total. The molecule has 0 amide bonds. The molecule has 0 aliphatic rings. The van der Waals surface area contributed by atoms with Gasteiger partial charge in [0.15, 0.2) is 0 Å². The molecule has 150 valence electrons. The number of quaternary nitrogens is 1. The van der Waals surface area contributed by atoms with E-state index < -0.39 is 0 Å². The molecule has 9 heteroatoms. The van der Waals surface area contributed by atoms with E-state index >= 15 is 0 Å². The first-order valence-corrected chi connectivity index (χ1v) is 9.47. The Bertz CT molecular complexity index is 1150. The molecule has 1 aromatic carbocycles. The first kappa shape index (κ1) is 19.0. The minimum absolute atomic E-state index is 0.000320. The smallest absolute Gasteiger partial charge is 0.257 e. The van der Waals surface area contributed by atoms with E-state index in [0.717, 1.165) is 27.1 Å². The molecule has 0 aliphatic carbocycles. The van der Waals surface area contributed by atoms with Crippen molar-refractivity contribution < 1.29 is 14.4 Å². The van der Waals surface area contributed by atoms with Gasteiger partial charge in [0.25, 0.3) is 5.56 Å². The number of hydrogen-bond donors (Lipinski definition) is 3. The lowest BCUT2D eigenvalue weighted by Crippen LogP contribution is -3.10. The number of benzene rings is 1. The van der Waals surface area contributed by atoms with E-state index in [9.17, 15) is 9.90 Å². The molecule has 1 atom stereocenters. The molecular weight excluding hydrogens is 372 g/mol. The molecule has 0 saturated heterocycles. The summed E-state index contributed by atoms with van der Waals surface area (Å²) < 4.78 is 7.04. The van der Waals surface area contributed by atoms with Gasteiger partial charge in [-0.25, -0.2) is 4.68 Å². The summed E-state index contributed by atoms with van der Waals surface area (Å²) in [6.45, 7) is 3.84. The van der Waals surface area contributed by atoms with E-state index in [2.05, 4.69) is 20.5 Å². The first-order valence-electron chi connectivity index (χ1n) is 9.47. The van der Waals surface area contributed by atoms with Crippen molar-refractivity contribution >= 4 is 10.9 Å². The highest BCUT2D eigenvalue weighted by Gasteiger charge is 2.18. The molecule has 0 saturated carbocycles. The Morgan fingerprint density at radius 2 is 2.14 bits per heavy atom. The Morgan fingerprint density at radius 1 is 1.24 bits per heavy atom. The summed E-state index contributed by atoms with van der Waals surface area (Å²) in [6, 6.07) is 11.5. The number of fused-ring (bicyclic) bond motifs is 1. The van der Waals surface area contributed by atoms with Gasteiger partial charge < -0.3 is 19.4 Å². The predicted molar refractivity (Wildman–Crippen MR) is 105 cm³/mol. The van der Waals surface area contributed by atoms with Crippen LogP contribution in [0.2, 0.25) is 0 Å². The van der Waals surface area contributed by atoms with Gasteiger partial charge in [-0.2, -0.15) is 0 Å². The maximum Gasteiger partial charge on any atom is 0.257 e. The van der Waals surface area contributed by atoms with Crippen molar-refractivity contribution in [1.82, 2.24) is 25.2 Å². The molecular formula is C20H23N6O3+. The lowest BCUT2D eigenvalue weighted by Gasteiger charge is -2.18. The lowest BCUT2D eigenvalue weighted by molar-refractivity contribution is -0.928. The second kappa shape index (κ2) is 8.38. The van der Waals surface area contributed by atoms with Crippen molar-refractivity contribution in [3.05, 3.63) is 75.7 Å². The van der Waals surface area contributed by atoms with Gasteiger partial charge in [0.1, 0.15) is 31.9 Å². The molecule has 29 heavy (non-hydrogen) atoms. The molecule has 4 rings (SSSR count). The van der Waals surface area contributed by atoms with E-state index in [0.29, 0.717) is 37.6 Å². The average molecular weight is 395 g/mol. The van der Waals surface area contributed by atoms with Crippen molar-refractivity contribution in [2.45, 2.75) is 26.6 Å². The molecule has 9 nitrogen and oxygen atoms in total. The van der Waals surface area contributed by atoms with Gasteiger partial charge in [0, 0.05) is 5.52 Å². The maximum absolute atomic E-state index is 12.5. The van der Waals surface area contributed by atoms with E-state index in [1.165, 1.54) is 0 Å². The number of hydrogen-bond acceptors (Lipinski definition) is 6. The zero-order valence-electron chi connectivity index (χ0n) is 16.1. The third-order valence-electron chi connectivity index (χ3n) is 4.88. The van der Waals surface area contributed by atoms with Gasteiger partial charge in [-0.1, -0.05) is 11.6 Å². The number of H-pyrrole nitrogens is 1. The van der Waals surface area contributed by atoms with Crippen molar-refractivity contribution in [2.24, 2.45) is 0 Å². The van der Waals surface area contributed by atoms with E-state index in [4.69, 9.17) is 4.42 Å². The van der Waals surface area contributed by atoms with Crippen LogP contribution in [0, 0.1) is 6.92 Å². The highest BCUT2D eigenvalue weighted by atomic mass is 16.3. The third kappa shape index (κ3) is 4.41. The number of furan rings is 1. The minimum atomic E-state index is -0.119. The molecule has 1 unspecified atom stereocenters. The molecule has 4 aromatic rings. The van der Waals surface area contributed by atoms with Crippen LogP contribution in [0.25, 0.3) is 10.9 Å².